The van der Waals surface area contributed by atoms with Gasteiger partial charge in [-0.1, -0.05) is 12.2 Å². The lowest BCUT2D eigenvalue weighted by molar-refractivity contribution is -0.137. The Labute approximate surface area is 178 Å². The SMILES string of the molecule is COCc1c(C)cc(OCC2C(O)CC(Cl)C2C/C=C\CCCC(=O)O)cc1C. The number of allylic oxidation sites excluding steroid dienone is 2. The Kier molecular flexibility index (Phi) is 9.47. The summed E-state index contributed by atoms with van der Waals surface area (Å²) in [5.41, 5.74) is 3.43. The summed E-state index contributed by atoms with van der Waals surface area (Å²) in [5, 5.41) is 19.1. The highest BCUT2D eigenvalue weighted by atomic mass is 35.5. The lowest BCUT2D eigenvalue weighted by atomic mass is 9.92. The van der Waals surface area contributed by atoms with Crippen LogP contribution in [0.5, 0.6) is 5.75 Å². The molecule has 5 nitrogen and oxygen atoms in total. The Bertz CT molecular complexity index is 680. The molecule has 0 radical (unpaired) electrons. The number of carbonyl (C=O) groups is 1. The molecule has 1 saturated carbocycles. The van der Waals surface area contributed by atoms with Crippen LogP contribution in [0.25, 0.3) is 0 Å². The number of aliphatic hydroxyl groups is 1. The number of ether oxygens (including phenoxy) is 2. The Hall–Kier alpha value is -1.56. The molecule has 0 bridgehead atoms. The largest absolute Gasteiger partial charge is 0.493 e. The molecule has 0 aromatic heterocycles. The van der Waals surface area contributed by atoms with Crippen molar-refractivity contribution in [1.82, 2.24) is 0 Å². The molecule has 6 heteroatoms. The van der Waals surface area contributed by atoms with E-state index in [9.17, 15) is 9.90 Å². The highest BCUT2D eigenvalue weighted by Crippen LogP contribution is 2.39. The number of rotatable bonds is 11. The standard InChI is InChI=1S/C23H33ClO5/c1-15-10-17(11-16(2)19(15)13-28-3)29-14-20-18(21(24)12-22(20)25)8-6-4-5-7-9-23(26)27/h4,6,10-11,18,20-22,25H,5,7-9,12-14H2,1-3H3,(H,26,27)/b6-4-. The Morgan fingerprint density at radius 3 is 2.55 bits per heavy atom. The van der Waals surface area contributed by atoms with Crippen molar-refractivity contribution in [3.05, 3.63) is 41.0 Å². The molecular formula is C23H33ClO5. The maximum absolute atomic E-state index is 10.6. The fourth-order valence-electron chi connectivity index (χ4n) is 4.03. The third kappa shape index (κ3) is 7.02. The highest BCUT2D eigenvalue weighted by Gasteiger charge is 2.41. The van der Waals surface area contributed by atoms with Gasteiger partial charge in [-0.2, -0.15) is 0 Å². The van der Waals surface area contributed by atoms with E-state index in [4.69, 9.17) is 26.2 Å². The minimum absolute atomic E-state index is 0.0274. The first-order valence-electron chi connectivity index (χ1n) is 10.2. The van der Waals surface area contributed by atoms with Crippen LogP contribution in [0.4, 0.5) is 0 Å². The lowest BCUT2D eigenvalue weighted by Gasteiger charge is -2.23. The van der Waals surface area contributed by atoms with E-state index in [2.05, 4.69) is 6.08 Å². The summed E-state index contributed by atoms with van der Waals surface area (Å²) < 4.78 is 11.3. The number of hydrogen-bond donors (Lipinski definition) is 2. The predicted molar refractivity (Wildman–Crippen MR) is 115 cm³/mol. The maximum Gasteiger partial charge on any atom is 0.303 e. The van der Waals surface area contributed by atoms with Crippen LogP contribution in [0.3, 0.4) is 0 Å². The van der Waals surface area contributed by atoms with E-state index in [0.29, 0.717) is 26.1 Å². The van der Waals surface area contributed by atoms with Gasteiger partial charge in [-0.25, -0.2) is 0 Å². The van der Waals surface area contributed by atoms with Gasteiger partial charge in [-0.05, 0) is 74.3 Å². The van der Waals surface area contributed by atoms with Crippen molar-refractivity contribution in [3.63, 3.8) is 0 Å². The number of carboxylic acid groups (broad SMARTS) is 1. The molecule has 1 aromatic carbocycles. The van der Waals surface area contributed by atoms with E-state index < -0.39 is 12.1 Å². The van der Waals surface area contributed by atoms with E-state index in [0.717, 1.165) is 29.7 Å². The number of aliphatic carboxylic acids is 1. The van der Waals surface area contributed by atoms with Crippen LogP contribution < -0.4 is 4.74 Å². The van der Waals surface area contributed by atoms with Gasteiger partial charge in [0, 0.05) is 24.8 Å². The van der Waals surface area contributed by atoms with Crippen molar-refractivity contribution in [2.75, 3.05) is 13.7 Å². The molecule has 0 amide bonds. The van der Waals surface area contributed by atoms with E-state index in [-0.39, 0.29) is 23.6 Å². The van der Waals surface area contributed by atoms with Gasteiger partial charge < -0.3 is 19.7 Å². The quantitative estimate of drug-likeness (QED) is 0.307. The van der Waals surface area contributed by atoms with Crippen molar-refractivity contribution >= 4 is 17.6 Å². The Morgan fingerprint density at radius 2 is 1.93 bits per heavy atom. The summed E-state index contributed by atoms with van der Waals surface area (Å²) in [6, 6.07) is 4.02. The Balaban J connectivity index is 1.93. The first kappa shape index (κ1) is 23.7. The number of benzene rings is 1. The molecule has 29 heavy (non-hydrogen) atoms. The molecule has 4 atom stereocenters. The molecule has 0 saturated heterocycles. The van der Waals surface area contributed by atoms with E-state index >= 15 is 0 Å². The van der Waals surface area contributed by atoms with Crippen molar-refractivity contribution < 1.29 is 24.5 Å². The first-order chi connectivity index (χ1) is 13.8. The fraction of sp³-hybridized carbons (Fsp3) is 0.609. The van der Waals surface area contributed by atoms with Gasteiger partial charge in [0.25, 0.3) is 0 Å². The monoisotopic (exact) mass is 424 g/mol. The number of aryl methyl sites for hydroxylation is 2. The third-order valence-electron chi connectivity index (χ3n) is 5.71. The number of methoxy groups -OCH3 is 1. The number of unbranched alkanes of at least 4 members (excludes halogenated alkanes) is 1. The molecule has 1 aromatic rings. The average molecular weight is 425 g/mol. The lowest BCUT2D eigenvalue weighted by Crippen LogP contribution is -2.27. The van der Waals surface area contributed by atoms with Crippen LogP contribution >= 0.6 is 11.6 Å². The highest BCUT2D eigenvalue weighted by molar-refractivity contribution is 6.21. The van der Waals surface area contributed by atoms with Gasteiger partial charge in [0.2, 0.25) is 0 Å². The first-order valence-corrected chi connectivity index (χ1v) is 10.7. The number of hydrogen-bond acceptors (Lipinski definition) is 4. The molecular weight excluding hydrogens is 392 g/mol. The van der Waals surface area contributed by atoms with Crippen molar-refractivity contribution in [3.8, 4) is 5.75 Å². The van der Waals surface area contributed by atoms with Gasteiger partial charge in [0.1, 0.15) is 5.75 Å². The molecule has 2 N–H and O–H groups in total. The van der Waals surface area contributed by atoms with Crippen LogP contribution in [-0.2, 0) is 16.1 Å². The molecule has 2 rings (SSSR count). The maximum atomic E-state index is 10.6. The van der Waals surface area contributed by atoms with Crippen LogP contribution in [-0.4, -0.2) is 41.4 Å². The van der Waals surface area contributed by atoms with Crippen LogP contribution in [0.15, 0.2) is 24.3 Å². The normalized spacial score (nSPS) is 24.3. The molecule has 1 fully saturated rings. The minimum atomic E-state index is -0.768. The zero-order valence-electron chi connectivity index (χ0n) is 17.6. The molecule has 0 heterocycles. The molecule has 1 aliphatic carbocycles. The number of carboxylic acids is 1. The second kappa shape index (κ2) is 11.6. The summed E-state index contributed by atoms with van der Waals surface area (Å²) in [4.78, 5) is 10.6. The van der Waals surface area contributed by atoms with Crippen molar-refractivity contribution in [2.24, 2.45) is 11.8 Å². The third-order valence-corrected chi connectivity index (χ3v) is 6.21. The zero-order chi connectivity index (χ0) is 21.4. The second-order valence-electron chi connectivity index (χ2n) is 7.92. The predicted octanol–water partition coefficient (Wildman–Crippen LogP) is 4.63. The van der Waals surface area contributed by atoms with Crippen LogP contribution in [0.2, 0.25) is 0 Å². The number of aliphatic hydroxyl groups excluding tert-OH is 1. The summed E-state index contributed by atoms with van der Waals surface area (Å²) in [6.45, 7) is 5.09. The van der Waals surface area contributed by atoms with Gasteiger partial charge >= 0.3 is 5.97 Å². The minimum Gasteiger partial charge on any atom is -0.493 e. The zero-order valence-corrected chi connectivity index (χ0v) is 18.3. The number of alkyl halides is 1. The smallest absolute Gasteiger partial charge is 0.303 e. The van der Waals surface area contributed by atoms with Gasteiger partial charge in [0.15, 0.2) is 0 Å². The fourth-order valence-corrected chi connectivity index (χ4v) is 4.51. The molecule has 0 spiro atoms. The molecule has 4 unspecified atom stereocenters. The summed E-state index contributed by atoms with van der Waals surface area (Å²) in [6.07, 6.45) is 6.48. The van der Waals surface area contributed by atoms with Gasteiger partial charge in [0.05, 0.1) is 19.3 Å². The van der Waals surface area contributed by atoms with E-state index in [1.807, 2.05) is 32.1 Å². The average Bonchev–Trinajstić information content (AvgIpc) is 2.92. The van der Waals surface area contributed by atoms with Gasteiger partial charge in [-0.15, -0.1) is 11.6 Å². The van der Waals surface area contributed by atoms with E-state index in [1.165, 1.54) is 5.56 Å². The van der Waals surface area contributed by atoms with Crippen LogP contribution in [0, 0.1) is 25.7 Å². The molecule has 162 valence electrons. The molecule has 0 aliphatic heterocycles. The topological polar surface area (TPSA) is 76.0 Å². The Morgan fingerprint density at radius 1 is 1.24 bits per heavy atom. The van der Waals surface area contributed by atoms with E-state index in [1.54, 1.807) is 7.11 Å². The summed E-state index contributed by atoms with van der Waals surface area (Å²) in [7, 11) is 1.69. The van der Waals surface area contributed by atoms with Gasteiger partial charge in [-0.3, -0.25) is 4.79 Å². The van der Waals surface area contributed by atoms with Crippen LogP contribution in [0.1, 0.15) is 48.8 Å². The molecule has 1 aliphatic rings. The number of halogens is 1. The van der Waals surface area contributed by atoms with Crippen molar-refractivity contribution in [2.45, 2.75) is 64.0 Å². The van der Waals surface area contributed by atoms with Crippen molar-refractivity contribution in [1.29, 1.82) is 0 Å². The summed E-state index contributed by atoms with van der Waals surface area (Å²) >= 11 is 6.50. The second-order valence-corrected chi connectivity index (χ2v) is 8.48. The summed E-state index contributed by atoms with van der Waals surface area (Å²) in [5.74, 6) is 0.141.